The largest absolute Gasteiger partial charge is 0.321 e. The third kappa shape index (κ3) is 7.91. The second-order valence-corrected chi connectivity index (χ2v) is 10.5. The number of aromatic nitrogens is 2. The van der Waals surface area contributed by atoms with Crippen LogP contribution in [0.4, 0.5) is 5.69 Å². The molecule has 0 saturated heterocycles. The van der Waals surface area contributed by atoms with Gasteiger partial charge < -0.3 is 5.32 Å². The number of para-hydroxylation sites is 1. The predicted octanol–water partition coefficient (Wildman–Crippen LogP) is 8.42. The monoisotopic (exact) mass is 659 g/mol. The van der Waals surface area contributed by atoms with E-state index in [-0.39, 0.29) is 28.7 Å². The van der Waals surface area contributed by atoms with Gasteiger partial charge in [-0.1, -0.05) is 65.7 Å². The molecular weight excluding hydrogens is 633 g/mol. The Hall–Kier alpha value is -3.84. The number of ketones is 1. The molecule has 212 valence electrons. The number of hydrogen-bond acceptors (Lipinski definition) is 4. The fourth-order valence-corrected chi connectivity index (χ4v) is 5.17. The summed E-state index contributed by atoms with van der Waals surface area (Å²) in [6, 6.07) is 30.2. The van der Waals surface area contributed by atoms with Gasteiger partial charge in [0.15, 0.2) is 0 Å². The van der Waals surface area contributed by atoms with Gasteiger partial charge in [0.25, 0.3) is 5.91 Å². The first-order valence-corrected chi connectivity index (χ1v) is 14.1. The van der Waals surface area contributed by atoms with Crippen LogP contribution in [0.1, 0.15) is 48.8 Å². The molecule has 1 N–H and O–H groups in total. The third-order valence-corrected chi connectivity index (χ3v) is 7.26. The lowest BCUT2D eigenvalue weighted by Gasteiger charge is -2.09. The van der Waals surface area contributed by atoms with E-state index in [0.717, 1.165) is 64.2 Å². The minimum Gasteiger partial charge on any atom is -0.321 e. The number of anilines is 1. The van der Waals surface area contributed by atoms with Gasteiger partial charge in [0, 0.05) is 33.7 Å². The Morgan fingerprint density at radius 2 is 1.48 bits per heavy atom. The number of nitrogens with one attached hydrogen (secondary N) is 1. The Balaban J connectivity index is 0.000000198. The smallest absolute Gasteiger partial charge is 0.274 e. The van der Waals surface area contributed by atoms with E-state index in [2.05, 4.69) is 15.3 Å². The zero-order chi connectivity index (χ0) is 28.6. The van der Waals surface area contributed by atoms with E-state index in [4.69, 9.17) is 23.2 Å². The normalized spacial score (nSPS) is 11.5. The van der Waals surface area contributed by atoms with E-state index >= 15 is 0 Å². The standard InChI is InChI=1S/C20H17ClN2O.C14H10ClNO.BrH/c21-17-8-4-6-15(14-17)11-12-16-7-5-13-22-19(16)20(24)23-18-9-2-1-3-10-18;15-11-5-6-12-10(8-11)4-3-9-2-1-7-16-13(9)14(12)17;/h1-10,13-14H,11-12H2,(H,23,24);1-2,5-8H,3-4H2;1H. The van der Waals surface area contributed by atoms with Crippen molar-refractivity contribution in [1.29, 1.82) is 0 Å². The molecule has 0 saturated carbocycles. The highest BCUT2D eigenvalue weighted by Crippen LogP contribution is 2.25. The van der Waals surface area contributed by atoms with Gasteiger partial charge >= 0.3 is 0 Å². The van der Waals surface area contributed by atoms with Crippen LogP contribution in [-0.4, -0.2) is 21.7 Å². The van der Waals surface area contributed by atoms with Gasteiger partial charge in [0.2, 0.25) is 5.78 Å². The van der Waals surface area contributed by atoms with Crippen LogP contribution in [0.3, 0.4) is 0 Å². The predicted molar refractivity (Wildman–Crippen MR) is 174 cm³/mol. The lowest BCUT2D eigenvalue weighted by Crippen LogP contribution is -2.16. The molecule has 5 aromatic rings. The van der Waals surface area contributed by atoms with Crippen molar-refractivity contribution in [3.05, 3.63) is 159 Å². The number of amides is 1. The molecule has 8 heteroatoms. The van der Waals surface area contributed by atoms with Crippen LogP contribution >= 0.6 is 40.2 Å². The van der Waals surface area contributed by atoms with Gasteiger partial charge in [0.1, 0.15) is 11.4 Å². The molecule has 1 amide bonds. The molecule has 42 heavy (non-hydrogen) atoms. The molecule has 0 bridgehead atoms. The summed E-state index contributed by atoms with van der Waals surface area (Å²) in [7, 11) is 0. The summed E-state index contributed by atoms with van der Waals surface area (Å²) in [5.74, 6) is -0.187. The van der Waals surface area contributed by atoms with Gasteiger partial charge in [0.05, 0.1) is 0 Å². The summed E-state index contributed by atoms with van der Waals surface area (Å²) in [6.45, 7) is 0. The number of hydrogen-bond donors (Lipinski definition) is 1. The van der Waals surface area contributed by atoms with Crippen LogP contribution in [0.15, 0.2) is 109 Å². The van der Waals surface area contributed by atoms with Gasteiger partial charge in [-0.25, -0.2) is 0 Å². The average Bonchev–Trinajstić information content (AvgIpc) is 3.13. The number of pyridine rings is 2. The van der Waals surface area contributed by atoms with Gasteiger partial charge in [-0.2, -0.15) is 0 Å². The van der Waals surface area contributed by atoms with Crippen molar-refractivity contribution in [2.24, 2.45) is 0 Å². The molecule has 0 radical (unpaired) electrons. The minimum absolute atomic E-state index is 0. The number of rotatable bonds is 5. The first kappa shape index (κ1) is 31.1. The van der Waals surface area contributed by atoms with Crippen molar-refractivity contribution in [3.63, 3.8) is 0 Å². The number of carbonyl (C=O) groups is 2. The quantitative estimate of drug-likeness (QED) is 0.205. The summed E-state index contributed by atoms with van der Waals surface area (Å²) < 4.78 is 0. The van der Waals surface area contributed by atoms with E-state index in [1.807, 2.05) is 84.9 Å². The zero-order valence-electron chi connectivity index (χ0n) is 22.6. The second kappa shape index (κ2) is 14.9. The molecule has 5 nitrogen and oxygen atoms in total. The first-order valence-electron chi connectivity index (χ1n) is 13.3. The van der Waals surface area contributed by atoms with Crippen molar-refractivity contribution in [3.8, 4) is 0 Å². The Labute approximate surface area is 265 Å². The summed E-state index contributed by atoms with van der Waals surface area (Å²) in [4.78, 5) is 33.3. The molecule has 2 heterocycles. The van der Waals surface area contributed by atoms with Crippen molar-refractivity contribution in [2.75, 3.05) is 5.32 Å². The summed E-state index contributed by atoms with van der Waals surface area (Å²) in [5.41, 5.74) is 6.62. The average molecular weight is 661 g/mol. The van der Waals surface area contributed by atoms with Crippen LogP contribution < -0.4 is 5.32 Å². The topological polar surface area (TPSA) is 72.0 Å². The van der Waals surface area contributed by atoms with Gasteiger partial charge in [-0.3, -0.25) is 19.6 Å². The molecule has 0 fully saturated rings. The zero-order valence-corrected chi connectivity index (χ0v) is 25.8. The van der Waals surface area contributed by atoms with E-state index in [0.29, 0.717) is 16.4 Å². The van der Waals surface area contributed by atoms with E-state index < -0.39 is 0 Å². The summed E-state index contributed by atoms with van der Waals surface area (Å²) >= 11 is 12.0. The van der Waals surface area contributed by atoms with Crippen LogP contribution in [0, 0.1) is 0 Å². The highest BCUT2D eigenvalue weighted by Gasteiger charge is 2.22. The molecule has 2 aromatic heterocycles. The Morgan fingerprint density at radius 3 is 2.29 bits per heavy atom. The van der Waals surface area contributed by atoms with E-state index in [1.165, 1.54) is 0 Å². The van der Waals surface area contributed by atoms with Crippen molar-refractivity contribution >= 4 is 57.6 Å². The number of nitrogens with zero attached hydrogens (tertiary/aromatic N) is 2. The number of benzene rings is 3. The molecule has 3 aromatic carbocycles. The molecular formula is C34H28BrCl2N3O2. The number of fused-ring (bicyclic) bond motifs is 2. The number of aryl methyl sites for hydroxylation is 4. The Kier molecular flexibility index (Phi) is 11.0. The highest BCUT2D eigenvalue weighted by atomic mass is 79.9. The maximum atomic E-state index is 12.5. The second-order valence-electron chi connectivity index (χ2n) is 9.60. The first-order chi connectivity index (χ1) is 20.0. The van der Waals surface area contributed by atoms with Gasteiger partial charge in [-0.15, -0.1) is 17.0 Å². The molecule has 0 atom stereocenters. The fraction of sp³-hybridized carbons (Fsp3) is 0.118. The van der Waals surface area contributed by atoms with Crippen molar-refractivity contribution < 1.29 is 9.59 Å². The van der Waals surface area contributed by atoms with E-state index in [1.54, 1.807) is 24.5 Å². The maximum Gasteiger partial charge on any atom is 0.274 e. The van der Waals surface area contributed by atoms with Crippen LogP contribution in [-0.2, 0) is 25.7 Å². The van der Waals surface area contributed by atoms with Gasteiger partial charge in [-0.05, 0) is 103 Å². The van der Waals surface area contributed by atoms with Crippen molar-refractivity contribution in [1.82, 2.24) is 9.97 Å². The summed E-state index contributed by atoms with van der Waals surface area (Å²) in [6.07, 6.45) is 6.51. The van der Waals surface area contributed by atoms with Crippen LogP contribution in [0.5, 0.6) is 0 Å². The SMILES string of the molecule is Br.O=C(Nc1ccccc1)c1ncccc1CCc1cccc(Cl)c1.O=C1c2ccc(Cl)cc2CCc2cccnc21. The maximum absolute atomic E-state index is 12.5. The number of halogens is 3. The molecule has 1 aliphatic rings. The molecule has 0 unspecified atom stereocenters. The van der Waals surface area contributed by atoms with Crippen LogP contribution in [0.2, 0.25) is 10.0 Å². The number of carbonyl (C=O) groups excluding carboxylic acids is 2. The lowest BCUT2D eigenvalue weighted by molar-refractivity contribution is 0.101. The van der Waals surface area contributed by atoms with Crippen LogP contribution in [0.25, 0.3) is 0 Å². The third-order valence-electron chi connectivity index (χ3n) is 6.79. The molecule has 0 spiro atoms. The highest BCUT2D eigenvalue weighted by molar-refractivity contribution is 8.93. The molecule has 0 aliphatic heterocycles. The Morgan fingerprint density at radius 1 is 0.738 bits per heavy atom. The molecule has 6 rings (SSSR count). The molecule has 1 aliphatic carbocycles. The minimum atomic E-state index is -0.192. The summed E-state index contributed by atoms with van der Waals surface area (Å²) in [5, 5.41) is 4.28. The Bertz CT molecular complexity index is 1700. The van der Waals surface area contributed by atoms with Crippen molar-refractivity contribution in [2.45, 2.75) is 25.7 Å². The lowest BCUT2D eigenvalue weighted by atomic mass is 10.0. The fourth-order valence-electron chi connectivity index (χ4n) is 4.76. The van der Waals surface area contributed by atoms with E-state index in [9.17, 15) is 9.59 Å².